The van der Waals surface area contributed by atoms with Crippen LogP contribution < -0.4 is 5.56 Å². The molecule has 0 unspecified atom stereocenters. The first-order valence-corrected chi connectivity index (χ1v) is 5.89. The molecule has 0 bridgehead atoms. The molecule has 0 aliphatic heterocycles. The Balaban J connectivity index is 2.17. The SMILES string of the molecule is CC(=O)CCCn1c2c(ccc1=O)CCC2. The van der Waals surface area contributed by atoms with Crippen molar-refractivity contribution < 1.29 is 4.79 Å². The molecule has 0 aromatic carbocycles. The summed E-state index contributed by atoms with van der Waals surface area (Å²) in [4.78, 5) is 22.6. The summed E-state index contributed by atoms with van der Waals surface area (Å²) in [6.07, 6.45) is 4.57. The molecule has 0 fully saturated rings. The molecule has 3 heteroatoms. The molecular weight excluding hydrogens is 202 g/mol. The molecule has 16 heavy (non-hydrogen) atoms. The summed E-state index contributed by atoms with van der Waals surface area (Å²) in [5, 5.41) is 0. The largest absolute Gasteiger partial charge is 0.312 e. The highest BCUT2D eigenvalue weighted by Gasteiger charge is 2.15. The number of carbonyl (C=O) groups excluding carboxylic acids is 1. The van der Waals surface area contributed by atoms with Gasteiger partial charge in [0.15, 0.2) is 0 Å². The lowest BCUT2D eigenvalue weighted by Crippen LogP contribution is -2.23. The number of hydrogen-bond donors (Lipinski definition) is 0. The third-order valence-corrected chi connectivity index (χ3v) is 3.16. The van der Waals surface area contributed by atoms with Crippen molar-refractivity contribution in [3.63, 3.8) is 0 Å². The molecule has 0 amide bonds. The summed E-state index contributed by atoms with van der Waals surface area (Å²) in [5.41, 5.74) is 2.57. The van der Waals surface area contributed by atoms with E-state index in [-0.39, 0.29) is 11.3 Å². The molecule has 1 aromatic heterocycles. The van der Waals surface area contributed by atoms with Gasteiger partial charge in [-0.2, -0.15) is 0 Å². The molecule has 0 atom stereocenters. The Hall–Kier alpha value is -1.38. The van der Waals surface area contributed by atoms with E-state index < -0.39 is 0 Å². The number of pyridine rings is 1. The summed E-state index contributed by atoms with van der Waals surface area (Å²) in [6, 6.07) is 3.60. The van der Waals surface area contributed by atoms with Crippen molar-refractivity contribution in [2.24, 2.45) is 0 Å². The Bertz CT molecular complexity index is 459. The highest BCUT2D eigenvalue weighted by atomic mass is 16.1. The normalized spacial score (nSPS) is 13.8. The molecule has 86 valence electrons. The summed E-state index contributed by atoms with van der Waals surface area (Å²) in [5.74, 6) is 0.195. The first kappa shape index (κ1) is 11.1. The lowest BCUT2D eigenvalue weighted by atomic mass is 10.2. The lowest BCUT2D eigenvalue weighted by Gasteiger charge is -2.10. The van der Waals surface area contributed by atoms with Crippen LogP contribution >= 0.6 is 0 Å². The van der Waals surface area contributed by atoms with Crippen LogP contribution in [-0.4, -0.2) is 10.4 Å². The standard InChI is InChI=1S/C13H17NO2/c1-10(15)4-3-9-14-12-6-2-5-11(12)7-8-13(14)16/h7-8H,2-6,9H2,1H3. The minimum absolute atomic E-state index is 0.0733. The second kappa shape index (κ2) is 4.64. The zero-order valence-electron chi connectivity index (χ0n) is 9.66. The second-order valence-corrected chi connectivity index (χ2v) is 4.45. The van der Waals surface area contributed by atoms with Crippen molar-refractivity contribution >= 4 is 5.78 Å². The van der Waals surface area contributed by atoms with Gasteiger partial charge in [0.25, 0.3) is 5.56 Å². The monoisotopic (exact) mass is 219 g/mol. The summed E-state index contributed by atoms with van der Waals surface area (Å²) in [7, 11) is 0. The molecule has 0 radical (unpaired) electrons. The van der Waals surface area contributed by atoms with Crippen LogP contribution in [0, 0.1) is 0 Å². The van der Waals surface area contributed by atoms with Gasteiger partial charge in [-0.25, -0.2) is 0 Å². The number of carbonyl (C=O) groups is 1. The minimum Gasteiger partial charge on any atom is -0.312 e. The highest BCUT2D eigenvalue weighted by Crippen LogP contribution is 2.20. The van der Waals surface area contributed by atoms with E-state index in [4.69, 9.17) is 0 Å². The first-order chi connectivity index (χ1) is 7.68. The van der Waals surface area contributed by atoms with Gasteiger partial charge in [-0.05, 0) is 38.2 Å². The van der Waals surface area contributed by atoms with Crippen LogP contribution in [0.5, 0.6) is 0 Å². The number of rotatable bonds is 4. The number of Topliss-reactive ketones (excluding diaryl/α,β-unsaturated/α-hetero) is 1. The van der Waals surface area contributed by atoms with Crippen molar-refractivity contribution in [2.75, 3.05) is 0 Å². The van der Waals surface area contributed by atoms with E-state index in [1.54, 1.807) is 13.0 Å². The number of nitrogens with zero attached hydrogens (tertiary/aromatic N) is 1. The smallest absolute Gasteiger partial charge is 0.250 e. The number of hydrogen-bond acceptors (Lipinski definition) is 2. The summed E-state index contributed by atoms with van der Waals surface area (Å²) >= 11 is 0. The van der Waals surface area contributed by atoms with Crippen LogP contribution in [0.25, 0.3) is 0 Å². The van der Waals surface area contributed by atoms with Crippen LogP contribution in [0.2, 0.25) is 0 Å². The molecule has 3 nitrogen and oxygen atoms in total. The highest BCUT2D eigenvalue weighted by molar-refractivity contribution is 5.75. The predicted octanol–water partition coefficient (Wildman–Crippen LogP) is 1.71. The molecule has 2 rings (SSSR count). The van der Waals surface area contributed by atoms with E-state index in [2.05, 4.69) is 0 Å². The number of fused-ring (bicyclic) bond motifs is 1. The third kappa shape index (κ3) is 2.23. The second-order valence-electron chi connectivity index (χ2n) is 4.45. The van der Waals surface area contributed by atoms with Gasteiger partial charge < -0.3 is 9.36 Å². The van der Waals surface area contributed by atoms with Crippen molar-refractivity contribution in [3.05, 3.63) is 33.7 Å². The molecule has 0 spiro atoms. The van der Waals surface area contributed by atoms with E-state index in [0.29, 0.717) is 13.0 Å². The maximum atomic E-state index is 11.7. The van der Waals surface area contributed by atoms with Crippen molar-refractivity contribution in [2.45, 2.75) is 45.6 Å². The maximum Gasteiger partial charge on any atom is 0.250 e. The van der Waals surface area contributed by atoms with Gasteiger partial charge in [0.1, 0.15) is 5.78 Å². The van der Waals surface area contributed by atoms with E-state index in [1.807, 2.05) is 10.6 Å². The van der Waals surface area contributed by atoms with Crippen LogP contribution in [0.3, 0.4) is 0 Å². The fourth-order valence-electron chi connectivity index (χ4n) is 2.37. The van der Waals surface area contributed by atoms with Gasteiger partial charge in [0.05, 0.1) is 0 Å². The Labute approximate surface area is 95.1 Å². The van der Waals surface area contributed by atoms with E-state index >= 15 is 0 Å². The first-order valence-electron chi connectivity index (χ1n) is 5.89. The number of aryl methyl sites for hydroxylation is 1. The average molecular weight is 219 g/mol. The van der Waals surface area contributed by atoms with Crippen LogP contribution in [0.4, 0.5) is 0 Å². The van der Waals surface area contributed by atoms with Crippen molar-refractivity contribution in [1.29, 1.82) is 0 Å². The molecule has 1 aromatic rings. The summed E-state index contributed by atoms with van der Waals surface area (Å²) in [6.45, 7) is 2.28. The Morgan fingerprint density at radius 3 is 2.94 bits per heavy atom. The zero-order valence-corrected chi connectivity index (χ0v) is 9.66. The lowest BCUT2D eigenvalue weighted by molar-refractivity contribution is -0.117. The molecule has 0 saturated heterocycles. The molecule has 1 aliphatic rings. The van der Waals surface area contributed by atoms with Gasteiger partial charge in [-0.1, -0.05) is 6.07 Å². The van der Waals surface area contributed by atoms with Crippen molar-refractivity contribution in [3.8, 4) is 0 Å². The van der Waals surface area contributed by atoms with E-state index in [1.165, 1.54) is 11.3 Å². The zero-order chi connectivity index (χ0) is 11.5. The Morgan fingerprint density at radius 1 is 1.38 bits per heavy atom. The predicted molar refractivity (Wildman–Crippen MR) is 62.6 cm³/mol. The van der Waals surface area contributed by atoms with Gasteiger partial charge in [0.2, 0.25) is 0 Å². The van der Waals surface area contributed by atoms with Crippen LogP contribution in [0.15, 0.2) is 16.9 Å². The quantitative estimate of drug-likeness (QED) is 0.773. The minimum atomic E-state index is 0.0733. The molecule has 1 heterocycles. The maximum absolute atomic E-state index is 11.7. The topological polar surface area (TPSA) is 39.1 Å². The van der Waals surface area contributed by atoms with Crippen LogP contribution in [-0.2, 0) is 24.2 Å². The summed E-state index contributed by atoms with van der Waals surface area (Å²) < 4.78 is 1.85. The van der Waals surface area contributed by atoms with E-state index in [9.17, 15) is 9.59 Å². The van der Waals surface area contributed by atoms with Gasteiger partial charge >= 0.3 is 0 Å². The van der Waals surface area contributed by atoms with Gasteiger partial charge in [-0.3, -0.25) is 4.79 Å². The van der Waals surface area contributed by atoms with E-state index in [0.717, 1.165) is 25.7 Å². The number of ketones is 1. The van der Waals surface area contributed by atoms with Crippen molar-refractivity contribution in [1.82, 2.24) is 4.57 Å². The van der Waals surface area contributed by atoms with Crippen LogP contribution in [0.1, 0.15) is 37.4 Å². The fraction of sp³-hybridized carbons (Fsp3) is 0.538. The third-order valence-electron chi connectivity index (χ3n) is 3.16. The molecular formula is C13H17NO2. The fourth-order valence-corrected chi connectivity index (χ4v) is 2.37. The average Bonchev–Trinajstić information content (AvgIpc) is 2.69. The number of aromatic nitrogens is 1. The Kier molecular flexibility index (Phi) is 3.22. The van der Waals surface area contributed by atoms with Gasteiger partial charge in [-0.15, -0.1) is 0 Å². The Morgan fingerprint density at radius 2 is 2.19 bits per heavy atom. The molecule has 1 aliphatic carbocycles. The molecule has 0 N–H and O–H groups in total. The van der Waals surface area contributed by atoms with Gasteiger partial charge in [0, 0.05) is 24.7 Å². The molecule has 0 saturated carbocycles.